The Kier molecular flexibility index (Phi) is 6.02. The SMILES string of the molecule is NCc1ccccc1C1CCN(Cc2ccc3c(c2)C(=O)N(C2CCC(=O)NC2=O)C3=O)CC1. The number of hydrogen-bond acceptors (Lipinski definition) is 6. The first-order valence-electron chi connectivity index (χ1n) is 11.8. The van der Waals surface area contributed by atoms with Gasteiger partial charge >= 0.3 is 0 Å². The normalized spacial score (nSPS) is 21.7. The van der Waals surface area contributed by atoms with Gasteiger partial charge < -0.3 is 5.73 Å². The second kappa shape index (κ2) is 9.12. The van der Waals surface area contributed by atoms with Crippen LogP contribution in [0.1, 0.15) is 69.0 Å². The predicted octanol–water partition coefficient (Wildman–Crippen LogP) is 1.93. The quantitative estimate of drug-likeness (QED) is 0.660. The molecule has 4 amide bonds. The summed E-state index contributed by atoms with van der Waals surface area (Å²) in [5.41, 5.74) is 10.1. The van der Waals surface area contributed by atoms with Crippen LogP contribution in [0.4, 0.5) is 0 Å². The van der Waals surface area contributed by atoms with Gasteiger partial charge in [-0.2, -0.15) is 0 Å². The van der Waals surface area contributed by atoms with Crippen molar-refractivity contribution in [2.75, 3.05) is 13.1 Å². The number of rotatable bonds is 5. The number of benzene rings is 2. The van der Waals surface area contributed by atoms with E-state index < -0.39 is 23.8 Å². The van der Waals surface area contributed by atoms with Crippen LogP contribution < -0.4 is 11.1 Å². The Morgan fingerprint density at radius 2 is 1.65 bits per heavy atom. The Morgan fingerprint density at radius 1 is 0.912 bits per heavy atom. The molecule has 3 aliphatic heterocycles. The van der Waals surface area contributed by atoms with Gasteiger partial charge in [0.25, 0.3) is 11.8 Å². The molecule has 8 nitrogen and oxygen atoms in total. The topological polar surface area (TPSA) is 113 Å². The standard InChI is InChI=1S/C26H28N4O4/c27-14-18-3-1-2-4-19(18)17-9-11-29(12-10-17)15-16-5-6-20-21(13-16)26(34)30(25(20)33)22-7-8-23(31)28-24(22)32/h1-6,13,17,22H,7-12,14-15,27H2,(H,28,31,32). The van der Waals surface area contributed by atoms with E-state index in [0.717, 1.165) is 36.4 Å². The van der Waals surface area contributed by atoms with Gasteiger partial charge in [-0.25, -0.2) is 0 Å². The molecule has 1 atom stereocenters. The molecule has 3 N–H and O–H groups in total. The molecule has 2 fully saturated rings. The van der Waals surface area contributed by atoms with E-state index in [2.05, 4.69) is 28.4 Å². The fourth-order valence-electron chi connectivity index (χ4n) is 5.40. The summed E-state index contributed by atoms with van der Waals surface area (Å²) in [5.74, 6) is -1.41. The van der Waals surface area contributed by atoms with E-state index >= 15 is 0 Å². The smallest absolute Gasteiger partial charge is 0.262 e. The molecule has 0 spiro atoms. The Hall–Kier alpha value is -3.36. The Labute approximate surface area is 198 Å². The zero-order valence-corrected chi connectivity index (χ0v) is 19.0. The van der Waals surface area contributed by atoms with Gasteiger partial charge in [0.05, 0.1) is 11.1 Å². The highest BCUT2D eigenvalue weighted by molar-refractivity contribution is 6.23. The predicted molar refractivity (Wildman–Crippen MR) is 125 cm³/mol. The molecule has 0 saturated carbocycles. The lowest BCUT2D eigenvalue weighted by molar-refractivity contribution is -0.136. The van der Waals surface area contributed by atoms with Gasteiger partial charge in [-0.1, -0.05) is 30.3 Å². The third kappa shape index (κ3) is 4.03. The summed E-state index contributed by atoms with van der Waals surface area (Å²) in [6.07, 6.45) is 2.36. The van der Waals surface area contributed by atoms with E-state index in [9.17, 15) is 19.2 Å². The largest absolute Gasteiger partial charge is 0.326 e. The first-order chi connectivity index (χ1) is 16.5. The van der Waals surface area contributed by atoms with E-state index in [1.807, 2.05) is 12.1 Å². The summed E-state index contributed by atoms with van der Waals surface area (Å²) < 4.78 is 0. The Balaban J connectivity index is 1.26. The molecule has 3 heterocycles. The molecule has 2 aromatic carbocycles. The molecule has 0 aliphatic carbocycles. The van der Waals surface area contributed by atoms with Crippen LogP contribution in [0.3, 0.4) is 0 Å². The number of amides is 4. The monoisotopic (exact) mass is 460 g/mol. The maximum atomic E-state index is 13.1. The van der Waals surface area contributed by atoms with Crippen molar-refractivity contribution in [1.29, 1.82) is 0 Å². The number of likely N-dealkylation sites (tertiary alicyclic amines) is 1. The molecule has 0 radical (unpaired) electrons. The van der Waals surface area contributed by atoms with Gasteiger partial charge in [0.15, 0.2) is 0 Å². The average Bonchev–Trinajstić information content (AvgIpc) is 3.09. The molecule has 0 bridgehead atoms. The van der Waals surface area contributed by atoms with Crippen molar-refractivity contribution in [2.45, 2.75) is 50.7 Å². The molecule has 2 aromatic rings. The van der Waals surface area contributed by atoms with Gasteiger partial charge in [0.1, 0.15) is 6.04 Å². The Morgan fingerprint density at radius 3 is 2.38 bits per heavy atom. The molecule has 1 unspecified atom stereocenters. The molecular weight excluding hydrogens is 432 g/mol. The van der Waals surface area contributed by atoms with Crippen LogP contribution in [0.5, 0.6) is 0 Å². The van der Waals surface area contributed by atoms with Crippen LogP contribution in [0, 0.1) is 0 Å². The maximum absolute atomic E-state index is 13.1. The highest BCUT2D eigenvalue weighted by Gasteiger charge is 2.44. The minimum atomic E-state index is -0.941. The summed E-state index contributed by atoms with van der Waals surface area (Å²) >= 11 is 0. The molecule has 34 heavy (non-hydrogen) atoms. The number of fused-ring (bicyclic) bond motifs is 1. The van der Waals surface area contributed by atoms with Crippen molar-refractivity contribution in [3.63, 3.8) is 0 Å². The number of hydrogen-bond donors (Lipinski definition) is 2. The summed E-state index contributed by atoms with van der Waals surface area (Å²) in [4.78, 5) is 53.0. The number of carbonyl (C=O) groups is 4. The zero-order chi connectivity index (χ0) is 23.8. The third-order valence-electron chi connectivity index (χ3n) is 7.21. The molecule has 176 valence electrons. The highest BCUT2D eigenvalue weighted by atomic mass is 16.2. The lowest BCUT2D eigenvalue weighted by Gasteiger charge is -2.33. The lowest BCUT2D eigenvalue weighted by atomic mass is 9.86. The fourth-order valence-corrected chi connectivity index (χ4v) is 5.40. The van der Waals surface area contributed by atoms with Crippen molar-refractivity contribution in [1.82, 2.24) is 15.1 Å². The van der Waals surface area contributed by atoms with E-state index in [1.165, 1.54) is 11.1 Å². The highest BCUT2D eigenvalue weighted by Crippen LogP contribution is 2.32. The van der Waals surface area contributed by atoms with Crippen LogP contribution >= 0.6 is 0 Å². The van der Waals surface area contributed by atoms with Crippen LogP contribution in [-0.2, 0) is 22.7 Å². The Bertz CT molecular complexity index is 1170. The molecular formula is C26H28N4O4. The van der Waals surface area contributed by atoms with Gasteiger partial charge in [-0.05, 0) is 67.1 Å². The van der Waals surface area contributed by atoms with Crippen LogP contribution in [0.15, 0.2) is 42.5 Å². The number of carbonyl (C=O) groups excluding carboxylic acids is 4. The molecule has 2 saturated heterocycles. The van der Waals surface area contributed by atoms with Crippen LogP contribution in [-0.4, -0.2) is 52.6 Å². The van der Waals surface area contributed by atoms with E-state index in [0.29, 0.717) is 30.1 Å². The van der Waals surface area contributed by atoms with Crippen molar-refractivity contribution >= 4 is 23.6 Å². The van der Waals surface area contributed by atoms with Gasteiger partial charge in [0, 0.05) is 19.5 Å². The molecule has 8 heteroatoms. The average molecular weight is 461 g/mol. The van der Waals surface area contributed by atoms with Gasteiger partial charge in [0.2, 0.25) is 11.8 Å². The number of nitrogens with two attached hydrogens (primary N) is 1. The van der Waals surface area contributed by atoms with Gasteiger partial charge in [-0.3, -0.25) is 34.3 Å². The minimum absolute atomic E-state index is 0.112. The maximum Gasteiger partial charge on any atom is 0.262 e. The second-order valence-electron chi connectivity index (χ2n) is 9.28. The second-order valence-corrected chi connectivity index (χ2v) is 9.28. The summed E-state index contributed by atoms with van der Waals surface area (Å²) in [6, 6.07) is 12.8. The van der Waals surface area contributed by atoms with Crippen LogP contribution in [0.25, 0.3) is 0 Å². The minimum Gasteiger partial charge on any atom is -0.326 e. The van der Waals surface area contributed by atoms with E-state index in [4.69, 9.17) is 5.73 Å². The third-order valence-corrected chi connectivity index (χ3v) is 7.21. The van der Waals surface area contributed by atoms with Crippen molar-refractivity contribution < 1.29 is 19.2 Å². The number of nitrogens with zero attached hydrogens (tertiary/aromatic N) is 2. The fraction of sp³-hybridized carbons (Fsp3) is 0.385. The van der Waals surface area contributed by atoms with Crippen molar-refractivity contribution in [3.05, 3.63) is 70.3 Å². The first kappa shape index (κ1) is 22.4. The van der Waals surface area contributed by atoms with Crippen molar-refractivity contribution in [2.24, 2.45) is 5.73 Å². The van der Waals surface area contributed by atoms with Crippen LogP contribution in [0.2, 0.25) is 0 Å². The lowest BCUT2D eigenvalue weighted by Crippen LogP contribution is -2.54. The molecule has 3 aliphatic rings. The van der Waals surface area contributed by atoms with Gasteiger partial charge in [-0.15, -0.1) is 0 Å². The summed E-state index contributed by atoms with van der Waals surface area (Å²) in [6.45, 7) is 3.12. The molecule has 0 aromatic heterocycles. The molecule has 5 rings (SSSR count). The zero-order valence-electron chi connectivity index (χ0n) is 19.0. The first-order valence-corrected chi connectivity index (χ1v) is 11.8. The van der Waals surface area contributed by atoms with E-state index in [-0.39, 0.29) is 18.7 Å². The summed E-state index contributed by atoms with van der Waals surface area (Å²) in [5, 5.41) is 2.22. The van der Waals surface area contributed by atoms with Crippen molar-refractivity contribution in [3.8, 4) is 0 Å². The number of imide groups is 2. The van der Waals surface area contributed by atoms with E-state index in [1.54, 1.807) is 12.1 Å². The number of nitrogens with one attached hydrogen (secondary N) is 1. The summed E-state index contributed by atoms with van der Waals surface area (Å²) in [7, 11) is 0. The number of piperidine rings is 2.